The summed E-state index contributed by atoms with van der Waals surface area (Å²) in [7, 11) is -3.50. The Kier molecular flexibility index (Phi) is 4.11. The van der Waals surface area contributed by atoms with Crippen molar-refractivity contribution in [2.45, 2.75) is 30.3 Å². The second kappa shape index (κ2) is 5.62. The largest absolute Gasteiger partial charge is 0.313 e. The number of sulfone groups is 1. The molecule has 1 aliphatic rings. The second-order valence-corrected chi connectivity index (χ2v) is 6.52. The normalized spacial score (nSPS) is 20.1. The van der Waals surface area contributed by atoms with Crippen molar-refractivity contribution in [3.8, 4) is 0 Å². The van der Waals surface area contributed by atoms with Crippen LogP contribution in [0, 0.1) is 10.1 Å². The average molecular weight is 285 g/mol. The molecule has 0 radical (unpaired) electrons. The van der Waals surface area contributed by atoms with Gasteiger partial charge in [0.1, 0.15) is 6.20 Å². The number of hydrogen-bond donors (Lipinski definition) is 1. The summed E-state index contributed by atoms with van der Waals surface area (Å²) < 4.78 is 24.2. The molecule has 1 atom stereocenters. The van der Waals surface area contributed by atoms with Gasteiger partial charge in [0.05, 0.1) is 10.7 Å². The number of nitrogens with one attached hydrogen (secondary N) is 1. The van der Waals surface area contributed by atoms with Gasteiger partial charge < -0.3 is 5.32 Å². The van der Waals surface area contributed by atoms with Gasteiger partial charge in [-0.05, 0) is 25.5 Å². The van der Waals surface area contributed by atoms with Crippen LogP contribution >= 0.6 is 0 Å². The van der Waals surface area contributed by atoms with Gasteiger partial charge in [0.2, 0.25) is 0 Å². The van der Waals surface area contributed by atoms with E-state index in [0.717, 1.165) is 38.1 Å². The molecule has 1 aromatic rings. The molecule has 0 saturated carbocycles. The molecule has 1 fully saturated rings. The van der Waals surface area contributed by atoms with Crippen molar-refractivity contribution in [1.29, 1.82) is 0 Å². The number of piperidine rings is 1. The van der Waals surface area contributed by atoms with Crippen LogP contribution in [-0.4, -0.2) is 36.7 Å². The maximum Gasteiger partial charge on any atom is 0.287 e. The minimum absolute atomic E-state index is 0.0161. The second-order valence-electron chi connectivity index (χ2n) is 4.54. The Morgan fingerprint density at radius 2 is 2.21 bits per heavy atom. The molecule has 1 aliphatic heterocycles. The first-order chi connectivity index (χ1) is 8.99. The fourth-order valence-electron chi connectivity index (χ4n) is 2.08. The van der Waals surface area contributed by atoms with Crippen LogP contribution in [0.5, 0.6) is 0 Å². The molecule has 2 rings (SSSR count). The van der Waals surface area contributed by atoms with Crippen LogP contribution in [-0.2, 0) is 9.84 Å². The summed E-state index contributed by atoms with van der Waals surface area (Å²) >= 11 is 0. The third-order valence-corrected chi connectivity index (χ3v) is 4.80. The first-order valence-electron chi connectivity index (χ1n) is 6.05. The summed E-state index contributed by atoms with van der Waals surface area (Å²) in [6.45, 7) is 0.827. The van der Waals surface area contributed by atoms with Crippen LogP contribution in [0.2, 0.25) is 0 Å². The highest BCUT2D eigenvalue weighted by Gasteiger charge is 2.24. The Morgan fingerprint density at radius 3 is 2.74 bits per heavy atom. The van der Waals surface area contributed by atoms with Gasteiger partial charge >= 0.3 is 0 Å². The zero-order valence-electron chi connectivity index (χ0n) is 10.3. The lowest BCUT2D eigenvalue weighted by atomic mass is 10.1. The summed E-state index contributed by atoms with van der Waals surface area (Å²) in [6, 6.07) is 2.29. The molecular weight excluding hydrogens is 270 g/mol. The summed E-state index contributed by atoms with van der Waals surface area (Å²) in [5.41, 5.74) is -0.213. The van der Waals surface area contributed by atoms with Crippen LogP contribution in [0.4, 0.5) is 5.69 Å². The van der Waals surface area contributed by atoms with Crippen molar-refractivity contribution < 1.29 is 13.3 Å². The molecule has 1 aromatic heterocycles. The fraction of sp³-hybridized carbons (Fsp3) is 0.545. The summed E-state index contributed by atoms with van der Waals surface area (Å²) in [5, 5.41) is 13.5. The molecule has 0 amide bonds. The molecule has 19 heavy (non-hydrogen) atoms. The molecule has 0 bridgehead atoms. The number of nitro groups is 1. The predicted molar refractivity (Wildman–Crippen MR) is 68.6 cm³/mol. The third-order valence-electron chi connectivity index (χ3n) is 3.08. The molecule has 7 nitrogen and oxygen atoms in total. The number of hydrogen-bond acceptors (Lipinski definition) is 6. The maximum atomic E-state index is 12.1. The van der Waals surface area contributed by atoms with Crippen molar-refractivity contribution in [3.63, 3.8) is 0 Å². The molecule has 8 heteroatoms. The van der Waals surface area contributed by atoms with Crippen LogP contribution in [0.25, 0.3) is 0 Å². The van der Waals surface area contributed by atoms with E-state index in [2.05, 4.69) is 10.3 Å². The topological polar surface area (TPSA) is 102 Å². The molecule has 1 N–H and O–H groups in total. The molecule has 0 aromatic carbocycles. The highest BCUT2D eigenvalue weighted by atomic mass is 32.2. The molecule has 104 valence electrons. The van der Waals surface area contributed by atoms with Crippen LogP contribution in [0.1, 0.15) is 19.3 Å². The highest BCUT2D eigenvalue weighted by molar-refractivity contribution is 7.91. The third kappa shape index (κ3) is 3.48. The average Bonchev–Trinajstić information content (AvgIpc) is 2.39. The van der Waals surface area contributed by atoms with E-state index < -0.39 is 14.8 Å². The van der Waals surface area contributed by atoms with E-state index in [1.165, 1.54) is 6.07 Å². The van der Waals surface area contributed by atoms with E-state index in [-0.39, 0.29) is 22.5 Å². The van der Waals surface area contributed by atoms with Crippen molar-refractivity contribution in [3.05, 3.63) is 28.4 Å². The van der Waals surface area contributed by atoms with Crippen molar-refractivity contribution in [2.24, 2.45) is 0 Å². The van der Waals surface area contributed by atoms with Crippen molar-refractivity contribution in [2.75, 3.05) is 12.3 Å². The van der Waals surface area contributed by atoms with Gasteiger partial charge in [-0.2, -0.15) is 0 Å². The smallest absolute Gasteiger partial charge is 0.287 e. The Morgan fingerprint density at radius 1 is 1.42 bits per heavy atom. The fourth-order valence-corrected chi connectivity index (χ4v) is 3.55. The standard InChI is InChI=1S/C11H15N3O4S/c15-14(16)10-4-5-11(13-7-10)19(17,18)8-9-3-1-2-6-12-9/h4-5,7,9,12H,1-3,6,8H2/t9-/m1/s1. The van der Waals surface area contributed by atoms with Gasteiger partial charge in [0.25, 0.3) is 5.69 Å². The maximum absolute atomic E-state index is 12.1. The molecule has 0 spiro atoms. The quantitative estimate of drug-likeness (QED) is 0.651. The van der Waals surface area contributed by atoms with Gasteiger partial charge in [-0.25, -0.2) is 13.4 Å². The Balaban J connectivity index is 2.12. The lowest BCUT2D eigenvalue weighted by Crippen LogP contribution is -2.39. The lowest BCUT2D eigenvalue weighted by Gasteiger charge is -2.22. The summed E-state index contributed by atoms with van der Waals surface area (Å²) in [5.74, 6) is -0.0161. The minimum atomic E-state index is -3.50. The van der Waals surface area contributed by atoms with Crippen molar-refractivity contribution >= 4 is 15.5 Å². The van der Waals surface area contributed by atoms with Gasteiger partial charge in [0.15, 0.2) is 14.9 Å². The van der Waals surface area contributed by atoms with E-state index in [4.69, 9.17) is 0 Å². The Labute approximate surface area is 111 Å². The Hall–Kier alpha value is -1.54. The molecule has 1 saturated heterocycles. The SMILES string of the molecule is O=[N+]([O-])c1ccc(S(=O)(=O)C[C@H]2CCCCN2)nc1. The van der Waals surface area contributed by atoms with Gasteiger partial charge in [0, 0.05) is 12.1 Å². The van der Waals surface area contributed by atoms with Crippen LogP contribution < -0.4 is 5.32 Å². The lowest BCUT2D eigenvalue weighted by molar-refractivity contribution is -0.385. The first kappa shape index (κ1) is 13.9. The summed E-state index contributed by atoms with van der Waals surface area (Å²) in [4.78, 5) is 13.6. The van der Waals surface area contributed by atoms with E-state index in [9.17, 15) is 18.5 Å². The summed E-state index contributed by atoms with van der Waals surface area (Å²) in [6.07, 6.45) is 3.88. The molecule has 2 heterocycles. The predicted octanol–water partition coefficient (Wildman–Crippen LogP) is 0.906. The van der Waals surface area contributed by atoms with Gasteiger partial charge in [-0.3, -0.25) is 10.1 Å². The van der Waals surface area contributed by atoms with E-state index >= 15 is 0 Å². The number of pyridine rings is 1. The minimum Gasteiger partial charge on any atom is -0.313 e. The van der Waals surface area contributed by atoms with E-state index in [1.807, 2.05) is 0 Å². The number of rotatable bonds is 4. The number of aromatic nitrogens is 1. The molecule has 0 aliphatic carbocycles. The highest BCUT2D eigenvalue weighted by Crippen LogP contribution is 2.16. The van der Waals surface area contributed by atoms with Gasteiger partial charge in [-0.15, -0.1) is 0 Å². The first-order valence-corrected chi connectivity index (χ1v) is 7.71. The van der Waals surface area contributed by atoms with Crippen LogP contribution in [0.15, 0.2) is 23.4 Å². The Bertz CT molecular complexity index is 550. The number of nitrogens with zero attached hydrogens (tertiary/aromatic N) is 2. The molecular formula is C11H15N3O4S. The van der Waals surface area contributed by atoms with E-state index in [1.54, 1.807) is 0 Å². The van der Waals surface area contributed by atoms with Crippen LogP contribution in [0.3, 0.4) is 0 Å². The van der Waals surface area contributed by atoms with Gasteiger partial charge in [-0.1, -0.05) is 6.42 Å². The van der Waals surface area contributed by atoms with Crippen molar-refractivity contribution in [1.82, 2.24) is 10.3 Å². The monoisotopic (exact) mass is 285 g/mol. The zero-order chi connectivity index (χ0) is 13.9. The zero-order valence-corrected chi connectivity index (χ0v) is 11.1. The van der Waals surface area contributed by atoms with E-state index in [0.29, 0.717) is 0 Å². The molecule has 0 unspecified atom stereocenters.